The van der Waals surface area contributed by atoms with Crippen LogP contribution in [0.15, 0.2) is 53.7 Å². The van der Waals surface area contributed by atoms with Crippen LogP contribution >= 0.6 is 0 Å². The van der Waals surface area contributed by atoms with Gasteiger partial charge in [0.15, 0.2) is 0 Å². The highest BCUT2D eigenvalue weighted by molar-refractivity contribution is 7.89. The number of anilines is 5. The summed E-state index contributed by atoms with van der Waals surface area (Å²) in [6, 6.07) is 13.3. The highest BCUT2D eigenvalue weighted by Crippen LogP contribution is 2.33. The maximum absolute atomic E-state index is 13.2. The Bertz CT molecular complexity index is 1490. The number of rotatable bonds is 10. The van der Waals surface area contributed by atoms with Gasteiger partial charge in [-0.05, 0) is 58.0 Å². The van der Waals surface area contributed by atoms with E-state index in [-0.39, 0.29) is 16.9 Å². The van der Waals surface area contributed by atoms with Gasteiger partial charge >= 0.3 is 0 Å². The van der Waals surface area contributed by atoms with Gasteiger partial charge in [0, 0.05) is 70.2 Å². The zero-order valence-electron chi connectivity index (χ0n) is 25.7. The molecule has 0 bridgehead atoms. The van der Waals surface area contributed by atoms with E-state index in [9.17, 15) is 8.42 Å². The Balaban J connectivity index is 1.26. The fourth-order valence-electron chi connectivity index (χ4n) is 5.54. The van der Waals surface area contributed by atoms with Gasteiger partial charge in [-0.3, -0.25) is 4.90 Å². The molecule has 2 aliphatic rings. The Morgan fingerprint density at radius 3 is 2.23 bits per heavy atom. The first-order valence-electron chi connectivity index (χ1n) is 14.8. The minimum Gasteiger partial charge on any atom is -0.494 e. The van der Waals surface area contributed by atoms with Crippen LogP contribution in [0.25, 0.3) is 0 Å². The Hall–Kier alpha value is -3.52. The van der Waals surface area contributed by atoms with Gasteiger partial charge in [0.1, 0.15) is 17.0 Å². The lowest BCUT2D eigenvalue weighted by atomic mass is 10.0. The number of ether oxygens (including phenoxy) is 1. The molecule has 0 spiro atoms. The van der Waals surface area contributed by atoms with Crippen molar-refractivity contribution < 1.29 is 13.2 Å². The van der Waals surface area contributed by atoms with Crippen LogP contribution in [0.4, 0.5) is 29.0 Å². The van der Waals surface area contributed by atoms with E-state index in [2.05, 4.69) is 53.4 Å². The van der Waals surface area contributed by atoms with Crippen molar-refractivity contribution in [2.24, 2.45) is 0 Å². The monoisotopic (exact) mass is 609 g/mol. The summed E-state index contributed by atoms with van der Waals surface area (Å²) >= 11 is 0. The van der Waals surface area contributed by atoms with Gasteiger partial charge in [-0.2, -0.15) is 9.29 Å². The quantitative estimate of drug-likeness (QED) is 0.351. The minimum absolute atomic E-state index is 0.144. The second-order valence-electron chi connectivity index (χ2n) is 11.4. The third kappa shape index (κ3) is 7.18. The van der Waals surface area contributed by atoms with Crippen molar-refractivity contribution in [2.45, 2.75) is 43.7 Å². The summed E-state index contributed by atoms with van der Waals surface area (Å²) in [5.41, 5.74) is 2.23. The van der Waals surface area contributed by atoms with Crippen LogP contribution < -0.4 is 20.3 Å². The second-order valence-corrected chi connectivity index (χ2v) is 13.4. The number of benzene rings is 2. The summed E-state index contributed by atoms with van der Waals surface area (Å²) < 4.78 is 33.5. The SMILES string of the molecule is COc1cc(N2CCC(N3CCN(C)CC3)CC2)ccc1Nc1ncnc(Nc2ccccc2S(=O)(=O)N(C)C(C)C)n1. The van der Waals surface area contributed by atoms with Crippen LogP contribution in [-0.2, 0) is 10.0 Å². The van der Waals surface area contributed by atoms with E-state index < -0.39 is 10.0 Å². The minimum atomic E-state index is -3.72. The van der Waals surface area contributed by atoms with E-state index in [1.54, 1.807) is 38.4 Å². The molecule has 0 atom stereocenters. The first-order valence-corrected chi connectivity index (χ1v) is 16.3. The maximum Gasteiger partial charge on any atom is 0.245 e. The number of para-hydroxylation sites is 1. The van der Waals surface area contributed by atoms with Gasteiger partial charge in [0.05, 0.1) is 18.5 Å². The first kappa shape index (κ1) is 30.9. The van der Waals surface area contributed by atoms with E-state index >= 15 is 0 Å². The van der Waals surface area contributed by atoms with Crippen molar-refractivity contribution in [2.75, 3.05) is 76.0 Å². The number of sulfonamides is 1. The number of hydrogen-bond donors (Lipinski definition) is 2. The molecule has 2 fully saturated rings. The molecule has 0 unspecified atom stereocenters. The fraction of sp³-hybridized carbons (Fsp3) is 0.500. The van der Waals surface area contributed by atoms with Crippen molar-refractivity contribution in [1.29, 1.82) is 0 Å². The van der Waals surface area contributed by atoms with Crippen LogP contribution in [0.5, 0.6) is 5.75 Å². The molecule has 2 saturated heterocycles. The van der Waals surface area contributed by atoms with Crippen molar-refractivity contribution >= 4 is 39.0 Å². The van der Waals surface area contributed by atoms with Crippen molar-refractivity contribution in [1.82, 2.24) is 29.1 Å². The largest absolute Gasteiger partial charge is 0.494 e. The lowest BCUT2D eigenvalue weighted by molar-refractivity contribution is 0.0982. The van der Waals surface area contributed by atoms with Crippen LogP contribution in [0.2, 0.25) is 0 Å². The normalized spacial score (nSPS) is 17.4. The summed E-state index contributed by atoms with van der Waals surface area (Å²) in [5, 5.41) is 6.29. The van der Waals surface area contributed by atoms with Crippen LogP contribution in [-0.4, -0.2) is 110 Å². The first-order chi connectivity index (χ1) is 20.7. The molecule has 43 heavy (non-hydrogen) atoms. The Morgan fingerprint density at radius 2 is 1.58 bits per heavy atom. The number of nitrogens with zero attached hydrogens (tertiary/aromatic N) is 7. The average Bonchev–Trinajstić information content (AvgIpc) is 3.01. The Labute approximate surface area is 255 Å². The molecular weight excluding hydrogens is 566 g/mol. The lowest BCUT2D eigenvalue weighted by Crippen LogP contribution is -2.52. The third-order valence-electron chi connectivity index (χ3n) is 8.41. The maximum atomic E-state index is 13.2. The van der Waals surface area contributed by atoms with Gasteiger partial charge in [0.25, 0.3) is 0 Å². The molecule has 1 aromatic heterocycles. The number of hydrogen-bond acceptors (Lipinski definition) is 11. The molecule has 232 valence electrons. The summed E-state index contributed by atoms with van der Waals surface area (Å²) in [5.74, 6) is 1.20. The molecule has 2 aromatic carbocycles. The van der Waals surface area contributed by atoms with E-state index in [0.717, 1.165) is 63.5 Å². The van der Waals surface area contributed by atoms with Gasteiger partial charge in [-0.1, -0.05) is 12.1 Å². The number of likely N-dealkylation sites (N-methyl/N-ethyl adjacent to an activating group) is 1. The van der Waals surface area contributed by atoms with E-state index in [4.69, 9.17) is 4.74 Å². The molecule has 3 aromatic rings. The number of aromatic nitrogens is 3. The Morgan fingerprint density at radius 1 is 0.930 bits per heavy atom. The molecular formula is C30H43N9O3S. The lowest BCUT2D eigenvalue weighted by Gasteiger charge is -2.42. The molecule has 0 radical (unpaired) electrons. The highest BCUT2D eigenvalue weighted by Gasteiger charge is 2.28. The summed E-state index contributed by atoms with van der Waals surface area (Å²) in [6.45, 7) is 10.3. The predicted molar refractivity (Wildman–Crippen MR) is 170 cm³/mol. The topological polar surface area (TPSA) is 119 Å². The second kappa shape index (κ2) is 13.4. The zero-order chi connectivity index (χ0) is 30.6. The van der Waals surface area contributed by atoms with Gasteiger partial charge in [-0.15, -0.1) is 0 Å². The zero-order valence-corrected chi connectivity index (χ0v) is 26.5. The molecule has 5 rings (SSSR count). The molecule has 0 amide bonds. The van der Waals surface area contributed by atoms with E-state index in [1.165, 1.54) is 10.6 Å². The molecule has 0 aliphatic carbocycles. The summed E-state index contributed by atoms with van der Waals surface area (Å²) in [4.78, 5) is 20.6. The smallest absolute Gasteiger partial charge is 0.245 e. The van der Waals surface area contributed by atoms with Gasteiger partial charge in [0.2, 0.25) is 21.9 Å². The van der Waals surface area contributed by atoms with Crippen LogP contribution in [0.3, 0.4) is 0 Å². The summed E-state index contributed by atoms with van der Waals surface area (Å²) in [7, 11) is 1.69. The Kier molecular flexibility index (Phi) is 9.65. The summed E-state index contributed by atoms with van der Waals surface area (Å²) in [6.07, 6.45) is 3.69. The van der Waals surface area contributed by atoms with Crippen molar-refractivity contribution in [3.8, 4) is 5.75 Å². The molecule has 13 heteroatoms. The van der Waals surface area contributed by atoms with E-state index in [1.807, 2.05) is 26.0 Å². The van der Waals surface area contributed by atoms with Gasteiger partial charge < -0.3 is 25.2 Å². The standard InChI is InChI=1S/C30H43N9O3S/c1-22(2)37(4)43(40,41)28-9-7-6-8-26(28)34-30-32-21-31-29(35-30)33-25-11-10-24(20-27(25)42-5)38-14-12-23(13-15-38)39-18-16-36(3)17-19-39/h6-11,20-23H,12-19H2,1-5H3,(H2,31,32,33,34,35). The third-order valence-corrected chi connectivity index (χ3v) is 10.5. The van der Waals surface area contributed by atoms with Gasteiger partial charge in [-0.25, -0.2) is 18.4 Å². The van der Waals surface area contributed by atoms with Crippen molar-refractivity contribution in [3.63, 3.8) is 0 Å². The number of piperidine rings is 1. The van der Waals surface area contributed by atoms with Crippen LogP contribution in [0.1, 0.15) is 26.7 Å². The highest BCUT2D eigenvalue weighted by atomic mass is 32.2. The molecule has 3 heterocycles. The number of nitrogens with one attached hydrogen (secondary N) is 2. The van der Waals surface area contributed by atoms with Crippen molar-refractivity contribution in [3.05, 3.63) is 48.8 Å². The van der Waals surface area contributed by atoms with Crippen LogP contribution in [0, 0.1) is 0 Å². The average molecular weight is 610 g/mol. The number of methoxy groups -OCH3 is 1. The molecule has 2 N–H and O–H groups in total. The number of piperazine rings is 1. The predicted octanol–water partition coefficient (Wildman–Crippen LogP) is 3.61. The molecule has 0 saturated carbocycles. The molecule has 12 nitrogen and oxygen atoms in total. The molecule has 2 aliphatic heterocycles. The van der Waals surface area contributed by atoms with E-state index in [0.29, 0.717) is 23.4 Å². The fourth-order valence-corrected chi connectivity index (χ4v) is 7.05.